The normalized spacial score (nSPS) is 16.9. The van der Waals surface area contributed by atoms with Crippen molar-refractivity contribution in [3.63, 3.8) is 0 Å². The predicted molar refractivity (Wildman–Crippen MR) is 104 cm³/mol. The zero-order valence-corrected chi connectivity index (χ0v) is 17.1. The molecule has 1 unspecified atom stereocenters. The van der Waals surface area contributed by atoms with Crippen molar-refractivity contribution >= 4 is 27.5 Å². The maximum absolute atomic E-state index is 12.3. The van der Waals surface area contributed by atoms with Crippen LogP contribution in [-0.4, -0.2) is 62.9 Å². The molecule has 1 fully saturated rings. The molecule has 7 nitrogen and oxygen atoms in total. The number of sulfonamides is 1. The van der Waals surface area contributed by atoms with E-state index in [9.17, 15) is 18.5 Å². The minimum atomic E-state index is -3.69. The van der Waals surface area contributed by atoms with E-state index in [2.05, 4.69) is 15.7 Å². The molecule has 2 rings (SSSR count). The van der Waals surface area contributed by atoms with Crippen molar-refractivity contribution in [2.45, 2.75) is 31.2 Å². The van der Waals surface area contributed by atoms with E-state index in [0.29, 0.717) is 31.2 Å². The van der Waals surface area contributed by atoms with Crippen molar-refractivity contribution in [3.05, 3.63) is 29.3 Å². The third kappa shape index (κ3) is 5.91. The average Bonchev–Trinajstić information content (AvgIpc) is 2.62. The van der Waals surface area contributed by atoms with Gasteiger partial charge in [-0.15, -0.1) is 0 Å². The van der Waals surface area contributed by atoms with Gasteiger partial charge in [0.2, 0.25) is 15.9 Å². The zero-order chi connectivity index (χ0) is 20.0. The molecule has 1 amide bonds. The van der Waals surface area contributed by atoms with Crippen LogP contribution in [0, 0.1) is 17.2 Å². The van der Waals surface area contributed by atoms with Crippen LogP contribution in [0.1, 0.15) is 20.3 Å². The SMILES string of the molecule is CC(C)C(C#N)N1CCN(C(=O)CCNS(=O)(=O)c2cccc(Cl)c2)CC1. The molecular weight excluding hydrogens is 388 g/mol. The molecule has 27 heavy (non-hydrogen) atoms. The number of nitrogens with one attached hydrogen (secondary N) is 1. The van der Waals surface area contributed by atoms with E-state index < -0.39 is 10.0 Å². The summed E-state index contributed by atoms with van der Waals surface area (Å²) in [6.45, 7) is 6.44. The van der Waals surface area contributed by atoms with Gasteiger partial charge in [0.25, 0.3) is 0 Å². The number of halogens is 1. The number of carbonyl (C=O) groups is 1. The lowest BCUT2D eigenvalue weighted by Crippen LogP contribution is -2.53. The number of carbonyl (C=O) groups excluding carboxylic acids is 1. The number of hydrogen-bond acceptors (Lipinski definition) is 5. The third-order valence-corrected chi connectivity index (χ3v) is 6.26. The highest BCUT2D eigenvalue weighted by molar-refractivity contribution is 7.89. The fourth-order valence-corrected chi connectivity index (χ4v) is 4.40. The molecule has 148 valence electrons. The van der Waals surface area contributed by atoms with E-state index >= 15 is 0 Å². The Hall–Kier alpha value is -1.66. The Labute approximate surface area is 165 Å². The molecule has 1 aliphatic rings. The molecule has 0 aliphatic carbocycles. The minimum Gasteiger partial charge on any atom is -0.340 e. The first-order chi connectivity index (χ1) is 12.7. The summed E-state index contributed by atoms with van der Waals surface area (Å²) in [7, 11) is -3.69. The molecule has 1 N–H and O–H groups in total. The Morgan fingerprint density at radius 1 is 1.30 bits per heavy atom. The minimum absolute atomic E-state index is 0.0285. The van der Waals surface area contributed by atoms with Crippen LogP contribution in [0.5, 0.6) is 0 Å². The van der Waals surface area contributed by atoms with Crippen molar-refractivity contribution in [1.29, 1.82) is 5.26 Å². The largest absolute Gasteiger partial charge is 0.340 e. The highest BCUT2D eigenvalue weighted by Gasteiger charge is 2.27. The molecule has 0 saturated carbocycles. The number of nitriles is 1. The van der Waals surface area contributed by atoms with Gasteiger partial charge in [0.05, 0.1) is 11.0 Å². The number of hydrogen-bond donors (Lipinski definition) is 1. The zero-order valence-electron chi connectivity index (χ0n) is 15.6. The first-order valence-electron chi connectivity index (χ1n) is 8.91. The topological polar surface area (TPSA) is 93.5 Å². The van der Waals surface area contributed by atoms with Crippen LogP contribution in [-0.2, 0) is 14.8 Å². The summed E-state index contributed by atoms with van der Waals surface area (Å²) >= 11 is 5.82. The summed E-state index contributed by atoms with van der Waals surface area (Å²) in [5.41, 5.74) is 0. The summed E-state index contributed by atoms with van der Waals surface area (Å²) in [5, 5.41) is 9.62. The van der Waals surface area contributed by atoms with Gasteiger partial charge in [-0.3, -0.25) is 9.69 Å². The number of piperazine rings is 1. The molecule has 1 aliphatic heterocycles. The molecule has 0 radical (unpaired) electrons. The smallest absolute Gasteiger partial charge is 0.240 e. The summed E-state index contributed by atoms with van der Waals surface area (Å²) in [5.74, 6) is 0.139. The standard InChI is InChI=1S/C18H25ClN4O3S/c1-14(2)17(13-20)22-8-10-23(11-9-22)18(24)6-7-21-27(25,26)16-5-3-4-15(19)12-16/h3-5,12,14,17,21H,6-11H2,1-2H3. The van der Waals surface area contributed by atoms with Crippen LogP contribution in [0.15, 0.2) is 29.2 Å². The number of nitrogens with zero attached hydrogens (tertiary/aromatic N) is 3. The lowest BCUT2D eigenvalue weighted by Gasteiger charge is -2.38. The van der Waals surface area contributed by atoms with Gasteiger partial charge in [-0.2, -0.15) is 5.26 Å². The number of amides is 1. The molecule has 1 heterocycles. The first-order valence-corrected chi connectivity index (χ1v) is 10.8. The summed E-state index contributed by atoms with van der Waals surface area (Å²) < 4.78 is 26.9. The molecule has 1 atom stereocenters. The summed E-state index contributed by atoms with van der Waals surface area (Å²) in [6, 6.07) is 8.16. The fraction of sp³-hybridized carbons (Fsp3) is 0.556. The lowest BCUT2D eigenvalue weighted by molar-refractivity contribution is -0.133. The van der Waals surface area contributed by atoms with E-state index in [1.165, 1.54) is 12.1 Å². The Morgan fingerprint density at radius 2 is 1.96 bits per heavy atom. The summed E-state index contributed by atoms with van der Waals surface area (Å²) in [6.07, 6.45) is 0.0889. The predicted octanol–water partition coefficient (Wildman–Crippen LogP) is 1.70. The van der Waals surface area contributed by atoms with Crippen molar-refractivity contribution in [2.24, 2.45) is 5.92 Å². The second kappa shape index (κ2) is 9.51. The maximum Gasteiger partial charge on any atom is 0.240 e. The van der Waals surface area contributed by atoms with Crippen LogP contribution in [0.4, 0.5) is 0 Å². The molecule has 1 aromatic rings. The molecule has 1 aromatic carbocycles. The van der Waals surface area contributed by atoms with Crippen LogP contribution < -0.4 is 4.72 Å². The van der Waals surface area contributed by atoms with Crippen molar-refractivity contribution in [3.8, 4) is 6.07 Å². The van der Waals surface area contributed by atoms with Crippen molar-refractivity contribution < 1.29 is 13.2 Å². The van der Waals surface area contributed by atoms with Crippen molar-refractivity contribution in [2.75, 3.05) is 32.7 Å². The second-order valence-electron chi connectivity index (χ2n) is 6.84. The Bertz CT molecular complexity index is 799. The highest BCUT2D eigenvalue weighted by atomic mass is 35.5. The van der Waals surface area contributed by atoms with Crippen LogP contribution in [0.2, 0.25) is 5.02 Å². The molecule has 0 aromatic heterocycles. The van der Waals surface area contributed by atoms with E-state index in [0.717, 1.165) is 0 Å². The number of benzene rings is 1. The van der Waals surface area contributed by atoms with Gasteiger partial charge in [0.15, 0.2) is 0 Å². The third-order valence-electron chi connectivity index (χ3n) is 4.56. The highest BCUT2D eigenvalue weighted by Crippen LogP contribution is 2.16. The van der Waals surface area contributed by atoms with Gasteiger partial charge >= 0.3 is 0 Å². The van der Waals surface area contributed by atoms with Crippen LogP contribution >= 0.6 is 11.6 Å². The van der Waals surface area contributed by atoms with Gasteiger partial charge in [-0.05, 0) is 24.1 Å². The monoisotopic (exact) mass is 412 g/mol. The van der Waals surface area contributed by atoms with Crippen LogP contribution in [0.25, 0.3) is 0 Å². The van der Waals surface area contributed by atoms with E-state index in [1.54, 1.807) is 17.0 Å². The average molecular weight is 413 g/mol. The van der Waals surface area contributed by atoms with Crippen LogP contribution in [0.3, 0.4) is 0 Å². The Balaban J connectivity index is 1.81. The van der Waals surface area contributed by atoms with Crippen molar-refractivity contribution in [1.82, 2.24) is 14.5 Å². The van der Waals surface area contributed by atoms with Gasteiger partial charge < -0.3 is 4.90 Å². The molecule has 0 bridgehead atoms. The van der Waals surface area contributed by atoms with E-state index in [1.807, 2.05) is 13.8 Å². The fourth-order valence-electron chi connectivity index (χ4n) is 3.07. The van der Waals surface area contributed by atoms with E-state index in [4.69, 9.17) is 11.6 Å². The Kier molecular flexibility index (Phi) is 7.62. The molecule has 9 heteroatoms. The number of rotatable bonds is 7. The maximum atomic E-state index is 12.3. The quantitative estimate of drug-likeness (QED) is 0.735. The lowest BCUT2D eigenvalue weighted by atomic mass is 10.0. The van der Waals surface area contributed by atoms with Gasteiger partial charge in [0, 0.05) is 44.2 Å². The molecular formula is C18H25ClN4O3S. The summed E-state index contributed by atoms with van der Waals surface area (Å²) in [4.78, 5) is 16.2. The van der Waals surface area contributed by atoms with E-state index in [-0.39, 0.29) is 35.7 Å². The molecule has 1 saturated heterocycles. The van der Waals surface area contributed by atoms with Gasteiger partial charge in [-0.1, -0.05) is 31.5 Å². The van der Waals surface area contributed by atoms with Gasteiger partial charge in [-0.25, -0.2) is 13.1 Å². The van der Waals surface area contributed by atoms with Gasteiger partial charge in [0.1, 0.15) is 6.04 Å². The molecule has 0 spiro atoms. The first kappa shape index (κ1) is 21.6. The Morgan fingerprint density at radius 3 is 2.52 bits per heavy atom. The second-order valence-corrected chi connectivity index (χ2v) is 9.04.